The molecule has 1 atom stereocenters. The van der Waals surface area contributed by atoms with Crippen molar-refractivity contribution in [2.24, 2.45) is 0 Å². The Balaban J connectivity index is 1.64. The van der Waals surface area contributed by atoms with Crippen LogP contribution in [0.3, 0.4) is 0 Å². The second-order valence-corrected chi connectivity index (χ2v) is 9.69. The Hall–Kier alpha value is -3.60. The number of hydrogen-bond acceptors (Lipinski definition) is 3. The van der Waals surface area contributed by atoms with Crippen molar-refractivity contribution in [2.75, 3.05) is 26.7 Å². The maximum absolute atomic E-state index is 13.7. The summed E-state index contributed by atoms with van der Waals surface area (Å²) in [6.07, 6.45) is 3.79. The van der Waals surface area contributed by atoms with Gasteiger partial charge in [0.2, 0.25) is 5.91 Å². The first-order chi connectivity index (χ1) is 17.5. The van der Waals surface area contributed by atoms with Gasteiger partial charge in [0, 0.05) is 20.1 Å². The van der Waals surface area contributed by atoms with Crippen molar-refractivity contribution >= 4 is 11.8 Å². The summed E-state index contributed by atoms with van der Waals surface area (Å²) < 4.78 is 6.31. The lowest BCUT2D eigenvalue weighted by Crippen LogP contribution is -2.46. The molecule has 1 heterocycles. The molecule has 3 aromatic carbocycles. The first kappa shape index (κ1) is 25.5. The molecule has 0 radical (unpaired) electrons. The van der Waals surface area contributed by atoms with Crippen LogP contribution >= 0.6 is 0 Å². The van der Waals surface area contributed by atoms with Crippen LogP contribution in [0.1, 0.15) is 46.3 Å². The van der Waals surface area contributed by atoms with E-state index in [1.807, 2.05) is 66.5 Å². The molecular formula is C31H36N2O3. The van der Waals surface area contributed by atoms with E-state index < -0.39 is 0 Å². The van der Waals surface area contributed by atoms with Gasteiger partial charge in [0.25, 0.3) is 5.91 Å². The van der Waals surface area contributed by atoms with Gasteiger partial charge >= 0.3 is 0 Å². The molecule has 0 N–H and O–H groups in total. The molecule has 1 aliphatic heterocycles. The minimum Gasteiger partial charge on any atom is -0.491 e. The molecule has 0 aromatic heterocycles. The van der Waals surface area contributed by atoms with E-state index in [2.05, 4.69) is 31.2 Å². The van der Waals surface area contributed by atoms with E-state index in [1.54, 1.807) is 4.90 Å². The van der Waals surface area contributed by atoms with Crippen LogP contribution in [-0.4, -0.2) is 54.4 Å². The Kier molecular flexibility index (Phi) is 8.77. The van der Waals surface area contributed by atoms with Gasteiger partial charge in [-0.3, -0.25) is 9.59 Å². The molecule has 0 bridgehead atoms. The normalized spacial score (nSPS) is 17.3. The minimum absolute atomic E-state index is 0.0308. The largest absolute Gasteiger partial charge is 0.491 e. The SMILES string of the molecule is Cc1ccc(CC(=O)N2CCCCCN(C)C(=O)c3ccccc3OC[C@@H]2Cc2ccccc2)cc1. The van der Waals surface area contributed by atoms with E-state index in [0.29, 0.717) is 43.9 Å². The van der Waals surface area contributed by atoms with Crippen LogP contribution in [0.2, 0.25) is 0 Å². The third-order valence-corrected chi connectivity index (χ3v) is 6.84. The molecule has 2 amide bonds. The molecule has 0 spiro atoms. The van der Waals surface area contributed by atoms with Crippen molar-refractivity contribution in [3.8, 4) is 5.75 Å². The summed E-state index contributed by atoms with van der Waals surface area (Å²) in [6.45, 7) is 3.73. The Morgan fingerprint density at radius 3 is 2.33 bits per heavy atom. The zero-order valence-electron chi connectivity index (χ0n) is 21.4. The standard InChI is InChI=1S/C31H36N2O3/c1-24-15-17-26(18-16-24)22-30(34)33-20-10-4-9-19-32(2)31(35)28-13-7-8-14-29(28)36-23-27(33)21-25-11-5-3-6-12-25/h3,5-8,11-18,27H,4,9-10,19-23H2,1-2H3/t27-/m0/s1. The van der Waals surface area contributed by atoms with E-state index in [9.17, 15) is 9.59 Å². The Morgan fingerprint density at radius 1 is 0.861 bits per heavy atom. The second kappa shape index (κ2) is 12.4. The van der Waals surface area contributed by atoms with Crippen LogP contribution in [0.5, 0.6) is 5.75 Å². The smallest absolute Gasteiger partial charge is 0.257 e. The molecule has 36 heavy (non-hydrogen) atoms. The maximum atomic E-state index is 13.7. The predicted octanol–water partition coefficient (Wildman–Crippen LogP) is 5.31. The molecule has 0 unspecified atom stereocenters. The Morgan fingerprint density at radius 2 is 1.56 bits per heavy atom. The summed E-state index contributed by atoms with van der Waals surface area (Å²) in [6, 6.07) is 25.7. The highest BCUT2D eigenvalue weighted by Crippen LogP contribution is 2.23. The third-order valence-electron chi connectivity index (χ3n) is 6.84. The summed E-state index contributed by atoms with van der Waals surface area (Å²) in [5, 5.41) is 0. The minimum atomic E-state index is -0.146. The molecule has 5 heteroatoms. The summed E-state index contributed by atoms with van der Waals surface area (Å²) in [7, 11) is 1.84. The average Bonchev–Trinajstić information content (AvgIpc) is 2.90. The third kappa shape index (κ3) is 6.75. The van der Waals surface area contributed by atoms with E-state index in [4.69, 9.17) is 4.74 Å². The lowest BCUT2D eigenvalue weighted by Gasteiger charge is -2.32. The zero-order valence-corrected chi connectivity index (χ0v) is 21.4. The Bertz CT molecular complexity index is 1140. The summed E-state index contributed by atoms with van der Waals surface area (Å²) in [5.74, 6) is 0.647. The van der Waals surface area contributed by atoms with Crippen molar-refractivity contribution in [1.82, 2.24) is 9.80 Å². The molecular weight excluding hydrogens is 448 g/mol. The second-order valence-electron chi connectivity index (χ2n) is 9.69. The fraction of sp³-hybridized carbons (Fsp3) is 0.355. The molecule has 0 saturated heterocycles. The number of rotatable bonds is 4. The number of aryl methyl sites for hydroxylation is 1. The van der Waals surface area contributed by atoms with Crippen molar-refractivity contribution in [1.29, 1.82) is 0 Å². The Labute approximate surface area is 214 Å². The number of carbonyl (C=O) groups excluding carboxylic acids is 2. The molecule has 0 aliphatic carbocycles. The molecule has 188 valence electrons. The number of hydrogen-bond donors (Lipinski definition) is 0. The van der Waals surface area contributed by atoms with E-state index in [-0.39, 0.29) is 17.9 Å². The predicted molar refractivity (Wildman–Crippen MR) is 143 cm³/mol. The summed E-state index contributed by atoms with van der Waals surface area (Å²) >= 11 is 0. The molecule has 1 aliphatic rings. The molecule has 3 aromatic rings. The average molecular weight is 485 g/mol. The number of fused-ring (bicyclic) bond motifs is 1. The summed E-state index contributed by atoms with van der Waals surface area (Å²) in [4.78, 5) is 30.6. The van der Waals surface area contributed by atoms with Gasteiger partial charge in [0.1, 0.15) is 12.4 Å². The number of nitrogens with zero attached hydrogens (tertiary/aromatic N) is 2. The van der Waals surface area contributed by atoms with Gasteiger partial charge in [0.05, 0.1) is 18.0 Å². The lowest BCUT2D eigenvalue weighted by molar-refractivity contribution is -0.133. The maximum Gasteiger partial charge on any atom is 0.257 e. The fourth-order valence-corrected chi connectivity index (χ4v) is 4.71. The zero-order chi connectivity index (χ0) is 25.3. The number of para-hydroxylation sites is 1. The van der Waals surface area contributed by atoms with Crippen LogP contribution in [0.25, 0.3) is 0 Å². The quantitative estimate of drug-likeness (QED) is 0.504. The van der Waals surface area contributed by atoms with E-state index in [1.165, 1.54) is 5.56 Å². The summed E-state index contributed by atoms with van der Waals surface area (Å²) in [5.41, 5.74) is 3.93. The number of carbonyl (C=O) groups is 2. The van der Waals surface area contributed by atoms with Gasteiger partial charge in [-0.05, 0) is 55.9 Å². The highest BCUT2D eigenvalue weighted by atomic mass is 16.5. The lowest BCUT2D eigenvalue weighted by atomic mass is 10.0. The van der Waals surface area contributed by atoms with Gasteiger partial charge in [-0.25, -0.2) is 0 Å². The van der Waals surface area contributed by atoms with Crippen LogP contribution in [-0.2, 0) is 17.6 Å². The first-order valence-corrected chi connectivity index (χ1v) is 12.9. The number of amides is 2. The highest BCUT2D eigenvalue weighted by Gasteiger charge is 2.26. The van der Waals surface area contributed by atoms with E-state index >= 15 is 0 Å². The van der Waals surface area contributed by atoms with Crippen molar-refractivity contribution in [3.63, 3.8) is 0 Å². The van der Waals surface area contributed by atoms with Crippen LogP contribution < -0.4 is 4.74 Å². The first-order valence-electron chi connectivity index (χ1n) is 12.9. The number of benzene rings is 3. The number of ether oxygens (including phenoxy) is 1. The van der Waals surface area contributed by atoms with Gasteiger partial charge in [-0.2, -0.15) is 0 Å². The van der Waals surface area contributed by atoms with Crippen molar-refractivity contribution in [3.05, 3.63) is 101 Å². The molecule has 4 rings (SSSR count). The van der Waals surface area contributed by atoms with Crippen molar-refractivity contribution < 1.29 is 14.3 Å². The molecule has 0 fully saturated rings. The van der Waals surface area contributed by atoms with Crippen molar-refractivity contribution in [2.45, 2.75) is 45.1 Å². The van der Waals surface area contributed by atoms with Gasteiger partial charge in [-0.1, -0.05) is 72.3 Å². The van der Waals surface area contributed by atoms with Gasteiger partial charge in [0.15, 0.2) is 0 Å². The molecule has 5 nitrogen and oxygen atoms in total. The van der Waals surface area contributed by atoms with Crippen LogP contribution in [0.4, 0.5) is 0 Å². The van der Waals surface area contributed by atoms with E-state index in [0.717, 1.165) is 30.4 Å². The van der Waals surface area contributed by atoms with Gasteiger partial charge in [-0.15, -0.1) is 0 Å². The topological polar surface area (TPSA) is 49.9 Å². The monoisotopic (exact) mass is 484 g/mol. The van der Waals surface area contributed by atoms with Crippen LogP contribution in [0, 0.1) is 6.92 Å². The highest BCUT2D eigenvalue weighted by molar-refractivity contribution is 5.96. The van der Waals surface area contributed by atoms with Gasteiger partial charge < -0.3 is 14.5 Å². The van der Waals surface area contributed by atoms with Crippen LogP contribution in [0.15, 0.2) is 78.9 Å². The fourth-order valence-electron chi connectivity index (χ4n) is 4.71. The molecule has 0 saturated carbocycles.